The van der Waals surface area contributed by atoms with Crippen molar-refractivity contribution in [1.29, 1.82) is 10.5 Å². The Morgan fingerprint density at radius 3 is 1.75 bits per heavy atom. The molecule has 0 aliphatic heterocycles. The van der Waals surface area contributed by atoms with E-state index in [0.717, 1.165) is 136 Å². The predicted octanol–water partition coefficient (Wildman–Crippen LogP) is 18.7. The van der Waals surface area contributed by atoms with E-state index >= 15 is 0 Å². The highest BCUT2D eigenvalue weighted by Crippen LogP contribution is 2.50. The molecule has 0 amide bonds. The summed E-state index contributed by atoms with van der Waals surface area (Å²) in [5.74, 6) is -0.364. The van der Waals surface area contributed by atoms with Gasteiger partial charge in [0, 0.05) is 71.2 Å². The van der Waals surface area contributed by atoms with E-state index < -0.39 is 0 Å². The van der Waals surface area contributed by atoms with Crippen LogP contribution in [0.5, 0.6) is 0 Å². The summed E-state index contributed by atoms with van der Waals surface area (Å²) in [5.41, 5.74) is 18.9. The molecule has 1 saturated carbocycles. The number of nitrogens with zero attached hydrogens (tertiary/aromatic N) is 6. The smallest absolute Gasteiger partial charge is 0.101 e. The topological polar surface area (TPSA) is 67.3 Å². The van der Waals surface area contributed by atoms with E-state index in [1.807, 2.05) is 6.08 Å². The molecule has 9 aromatic carbocycles. The summed E-state index contributed by atoms with van der Waals surface area (Å²) in [6.45, 7) is 4.81. The number of nitriles is 2. The minimum Gasteiger partial charge on any atom is -0.334 e. The van der Waals surface area contributed by atoms with E-state index in [-0.39, 0.29) is 11.8 Å². The summed E-state index contributed by atoms with van der Waals surface area (Å²) in [7, 11) is 0. The van der Waals surface area contributed by atoms with Gasteiger partial charge in [-0.2, -0.15) is 10.5 Å². The van der Waals surface area contributed by atoms with E-state index in [1.54, 1.807) is 0 Å². The molecule has 13 aromatic rings. The van der Waals surface area contributed by atoms with Gasteiger partial charge >= 0.3 is 0 Å². The van der Waals surface area contributed by atoms with Gasteiger partial charge in [-0.25, -0.2) is 0 Å². The van der Waals surface area contributed by atoms with Crippen molar-refractivity contribution >= 4 is 93.8 Å². The van der Waals surface area contributed by atoms with E-state index in [1.165, 1.54) is 22.0 Å². The molecule has 0 N–H and O–H groups in total. The Labute approximate surface area is 464 Å². The molecule has 4 aromatic heterocycles. The third kappa shape index (κ3) is 7.23. The van der Waals surface area contributed by atoms with Crippen molar-refractivity contribution in [3.8, 4) is 40.1 Å². The molecule has 80 heavy (non-hydrogen) atoms. The third-order valence-electron chi connectivity index (χ3n) is 17.3. The molecule has 2 aliphatic carbocycles. The van der Waals surface area contributed by atoms with Gasteiger partial charge in [-0.05, 0) is 115 Å². The monoisotopic (exact) mass is 1030 g/mol. The first-order valence-corrected chi connectivity index (χ1v) is 28.0. The van der Waals surface area contributed by atoms with Crippen molar-refractivity contribution < 1.29 is 0 Å². The maximum atomic E-state index is 12.5. The van der Waals surface area contributed by atoms with Crippen LogP contribution in [0.15, 0.2) is 242 Å². The summed E-state index contributed by atoms with van der Waals surface area (Å²) in [6, 6.07) is 82.4. The van der Waals surface area contributed by atoms with Gasteiger partial charge in [0.15, 0.2) is 0 Å². The molecule has 2 aliphatic rings. The van der Waals surface area contributed by atoms with Crippen LogP contribution >= 0.6 is 0 Å². The minimum atomic E-state index is -0.249. The number of rotatable bonds is 9. The molecule has 15 rings (SSSR count). The highest BCUT2D eigenvalue weighted by Gasteiger charge is 2.34. The second-order valence-electron chi connectivity index (χ2n) is 21.6. The van der Waals surface area contributed by atoms with E-state index in [0.29, 0.717) is 18.5 Å². The Balaban J connectivity index is 1.23. The Morgan fingerprint density at radius 1 is 0.550 bits per heavy atom. The first-order chi connectivity index (χ1) is 39.6. The normalized spacial score (nSPS) is 16.4. The number of allylic oxidation sites excluding steroid dienone is 6. The van der Waals surface area contributed by atoms with Gasteiger partial charge in [-0.3, -0.25) is 0 Å². The summed E-state index contributed by atoms with van der Waals surface area (Å²) >= 11 is 0. The molecule has 2 unspecified atom stereocenters. The fourth-order valence-corrected chi connectivity index (χ4v) is 13.8. The number of benzene rings is 9. The average Bonchev–Trinajstić information content (AvgIpc) is 4.41. The van der Waals surface area contributed by atoms with E-state index in [4.69, 9.17) is 0 Å². The standard InChI is InChI=1S/C74H54N6/c1-2-49-39-38-48(45-75)42-59(49)63(46-76)72(79-66-35-19-14-30-56(66)57-31-15-20-36-67(57)79)70(47-77-64-33-17-12-28-54(64)55-29-13-18-34-65(55)77)80-69-41-40-52(50-22-6-3-7-23-50)43-61(69)62-44-60(51-24-8-4-9-25-51)73-71(74(62)80)58-32-16-21-37-68(58)78(73)53-26-10-5-11-27-53/h2-20,22-36,40-41,43-44,48-49H,1,21,37-39,42,47H2/b63-59+,72-70-. The molecule has 4 heterocycles. The SMILES string of the molecule is C=CC1CCC(C#N)C/C1=C(C#N)\C(=C(/Cn1c2ccccc2c2ccccc21)n1c2ccc(-c3ccccc3)cc2c2cc(-c3ccccc3)c3c(c4c(n3-c3ccccc3)CCC=C4)c21)n1c2ccccc2c2ccccc21. The summed E-state index contributed by atoms with van der Waals surface area (Å²) < 4.78 is 9.99. The van der Waals surface area contributed by atoms with Crippen LogP contribution in [-0.2, 0) is 13.0 Å². The molecular weight excluding hydrogens is 973 g/mol. The molecule has 1 fully saturated rings. The number of para-hydroxylation sites is 5. The van der Waals surface area contributed by atoms with Gasteiger partial charge in [0.1, 0.15) is 6.07 Å². The van der Waals surface area contributed by atoms with Crippen molar-refractivity contribution in [2.24, 2.45) is 11.8 Å². The fourth-order valence-electron chi connectivity index (χ4n) is 13.8. The van der Waals surface area contributed by atoms with E-state index in [9.17, 15) is 10.5 Å². The molecule has 380 valence electrons. The van der Waals surface area contributed by atoms with Crippen LogP contribution in [0.3, 0.4) is 0 Å². The van der Waals surface area contributed by atoms with Crippen molar-refractivity contribution in [3.63, 3.8) is 0 Å². The zero-order valence-electron chi connectivity index (χ0n) is 44.2. The van der Waals surface area contributed by atoms with Crippen LogP contribution in [0.2, 0.25) is 0 Å². The largest absolute Gasteiger partial charge is 0.334 e. The Bertz CT molecular complexity index is 4760. The Hall–Kier alpha value is -10.1. The van der Waals surface area contributed by atoms with Crippen molar-refractivity contribution in [1.82, 2.24) is 18.3 Å². The number of hydrogen-bond donors (Lipinski definition) is 0. The summed E-state index contributed by atoms with van der Waals surface area (Å²) in [4.78, 5) is 0. The molecule has 6 nitrogen and oxygen atoms in total. The van der Waals surface area contributed by atoms with Crippen LogP contribution in [0.1, 0.15) is 36.9 Å². The quantitative estimate of drug-likeness (QED) is 0.107. The maximum Gasteiger partial charge on any atom is 0.101 e. The predicted molar refractivity (Wildman–Crippen MR) is 332 cm³/mol. The van der Waals surface area contributed by atoms with Gasteiger partial charge in [-0.1, -0.05) is 176 Å². The number of aromatic nitrogens is 4. The average molecular weight is 1030 g/mol. The Kier molecular flexibility index (Phi) is 11.2. The van der Waals surface area contributed by atoms with Crippen LogP contribution < -0.4 is 0 Å². The third-order valence-corrected chi connectivity index (χ3v) is 17.3. The summed E-state index contributed by atoms with van der Waals surface area (Å²) in [5, 5.41) is 31.2. The maximum absolute atomic E-state index is 12.5. The molecule has 2 atom stereocenters. The van der Waals surface area contributed by atoms with Crippen molar-refractivity contribution in [3.05, 3.63) is 253 Å². The first kappa shape index (κ1) is 47.1. The van der Waals surface area contributed by atoms with Crippen LogP contribution in [0.4, 0.5) is 0 Å². The molecule has 0 bridgehead atoms. The molecular formula is C74H54N6. The Morgan fingerprint density at radius 2 is 1.12 bits per heavy atom. The molecule has 0 spiro atoms. The van der Waals surface area contributed by atoms with Gasteiger partial charge in [0.05, 0.1) is 63.1 Å². The van der Waals surface area contributed by atoms with E-state index in [2.05, 4.69) is 261 Å². The zero-order valence-corrected chi connectivity index (χ0v) is 44.2. The second kappa shape index (κ2) is 19.1. The first-order valence-electron chi connectivity index (χ1n) is 28.0. The lowest BCUT2D eigenvalue weighted by atomic mass is 9.76. The number of fused-ring (bicyclic) bond motifs is 13. The van der Waals surface area contributed by atoms with Gasteiger partial charge in [-0.15, -0.1) is 6.58 Å². The van der Waals surface area contributed by atoms with Crippen LogP contribution in [0.25, 0.3) is 122 Å². The lowest BCUT2D eigenvalue weighted by Crippen LogP contribution is -2.19. The minimum absolute atomic E-state index is 0.115. The van der Waals surface area contributed by atoms with Gasteiger partial charge in [0.25, 0.3) is 0 Å². The lowest BCUT2D eigenvalue weighted by molar-refractivity contribution is 0.447. The van der Waals surface area contributed by atoms with Gasteiger partial charge < -0.3 is 18.3 Å². The molecule has 6 heteroatoms. The number of hydrogen-bond acceptors (Lipinski definition) is 2. The zero-order chi connectivity index (χ0) is 53.4. The molecule has 0 radical (unpaired) electrons. The highest BCUT2D eigenvalue weighted by molar-refractivity contribution is 6.26. The van der Waals surface area contributed by atoms with Crippen molar-refractivity contribution in [2.45, 2.75) is 38.6 Å². The highest BCUT2D eigenvalue weighted by atomic mass is 15.1. The second-order valence-corrected chi connectivity index (χ2v) is 21.6. The van der Waals surface area contributed by atoms with Crippen LogP contribution in [0, 0.1) is 34.5 Å². The van der Waals surface area contributed by atoms with Gasteiger partial charge in [0.2, 0.25) is 0 Å². The van der Waals surface area contributed by atoms with Crippen molar-refractivity contribution in [2.75, 3.05) is 0 Å². The fraction of sp³-hybridized carbons (Fsp3) is 0.108. The molecule has 0 saturated heterocycles. The van der Waals surface area contributed by atoms with Crippen LogP contribution in [-0.4, -0.2) is 18.3 Å². The summed E-state index contributed by atoms with van der Waals surface area (Å²) in [6.07, 6.45) is 10.5. The lowest BCUT2D eigenvalue weighted by Gasteiger charge is -2.30.